The highest BCUT2D eigenvalue weighted by molar-refractivity contribution is 6.30. The predicted molar refractivity (Wildman–Crippen MR) is 92.9 cm³/mol. The first kappa shape index (κ1) is 17.8. The second-order valence-electron chi connectivity index (χ2n) is 5.25. The number of ether oxygens (including phenoxy) is 1. The van der Waals surface area contributed by atoms with Crippen LogP contribution in [0.25, 0.3) is 0 Å². The summed E-state index contributed by atoms with van der Waals surface area (Å²) in [7, 11) is 1.68. The molecule has 0 spiro atoms. The SMILES string of the molecule is CN(Cc1ccc(Cl)cc1)C(=O)CNC(=O)COc1ccccc1. The molecule has 0 saturated carbocycles. The zero-order valence-corrected chi connectivity index (χ0v) is 14.1. The smallest absolute Gasteiger partial charge is 0.258 e. The van der Waals surface area contributed by atoms with Gasteiger partial charge in [-0.1, -0.05) is 41.9 Å². The summed E-state index contributed by atoms with van der Waals surface area (Å²) in [6.07, 6.45) is 0. The van der Waals surface area contributed by atoms with E-state index in [4.69, 9.17) is 16.3 Å². The highest BCUT2D eigenvalue weighted by Gasteiger charge is 2.11. The number of benzene rings is 2. The monoisotopic (exact) mass is 346 g/mol. The maximum absolute atomic E-state index is 12.0. The maximum Gasteiger partial charge on any atom is 0.258 e. The molecule has 0 aromatic heterocycles. The number of halogens is 1. The molecule has 0 atom stereocenters. The fourth-order valence-electron chi connectivity index (χ4n) is 1.98. The number of hydrogen-bond donors (Lipinski definition) is 1. The number of amides is 2. The van der Waals surface area contributed by atoms with Gasteiger partial charge in [0.05, 0.1) is 6.54 Å². The molecule has 0 aliphatic carbocycles. The molecule has 2 rings (SSSR count). The van der Waals surface area contributed by atoms with Crippen LogP contribution < -0.4 is 10.1 Å². The van der Waals surface area contributed by atoms with Crippen LogP contribution >= 0.6 is 11.6 Å². The number of likely N-dealkylation sites (N-methyl/N-ethyl adjacent to an activating group) is 1. The van der Waals surface area contributed by atoms with Crippen molar-refractivity contribution < 1.29 is 14.3 Å². The molecule has 0 heterocycles. The largest absolute Gasteiger partial charge is 0.484 e. The predicted octanol–water partition coefficient (Wildman–Crippen LogP) is 2.49. The third-order valence-corrected chi connectivity index (χ3v) is 3.56. The molecule has 24 heavy (non-hydrogen) atoms. The number of para-hydroxylation sites is 1. The Balaban J connectivity index is 1.71. The van der Waals surface area contributed by atoms with Gasteiger partial charge in [0.25, 0.3) is 5.91 Å². The maximum atomic E-state index is 12.0. The second-order valence-corrected chi connectivity index (χ2v) is 5.69. The van der Waals surface area contributed by atoms with E-state index in [1.54, 1.807) is 36.2 Å². The third kappa shape index (κ3) is 5.93. The second kappa shape index (κ2) is 8.93. The van der Waals surface area contributed by atoms with E-state index in [0.717, 1.165) is 5.56 Å². The fourth-order valence-corrected chi connectivity index (χ4v) is 2.10. The first-order valence-corrected chi connectivity index (χ1v) is 7.85. The summed E-state index contributed by atoms with van der Waals surface area (Å²) in [6.45, 7) is 0.256. The van der Waals surface area contributed by atoms with Crippen molar-refractivity contribution in [1.29, 1.82) is 0 Å². The van der Waals surface area contributed by atoms with E-state index < -0.39 is 0 Å². The zero-order chi connectivity index (χ0) is 17.4. The summed E-state index contributed by atoms with van der Waals surface area (Å²) in [5, 5.41) is 3.20. The van der Waals surface area contributed by atoms with Crippen molar-refractivity contribution in [2.75, 3.05) is 20.2 Å². The van der Waals surface area contributed by atoms with Gasteiger partial charge in [0, 0.05) is 18.6 Å². The van der Waals surface area contributed by atoms with Crippen molar-refractivity contribution in [3.8, 4) is 5.75 Å². The Labute approximate surface area is 146 Å². The molecular weight excluding hydrogens is 328 g/mol. The van der Waals surface area contributed by atoms with Crippen molar-refractivity contribution in [1.82, 2.24) is 10.2 Å². The molecule has 5 nitrogen and oxygen atoms in total. The van der Waals surface area contributed by atoms with Gasteiger partial charge in [-0.3, -0.25) is 9.59 Å². The Morgan fingerprint density at radius 2 is 1.75 bits per heavy atom. The van der Waals surface area contributed by atoms with Crippen LogP contribution in [0.15, 0.2) is 54.6 Å². The Hall–Kier alpha value is -2.53. The van der Waals surface area contributed by atoms with Crippen LogP contribution in [0.3, 0.4) is 0 Å². The number of carbonyl (C=O) groups is 2. The molecule has 2 amide bonds. The lowest BCUT2D eigenvalue weighted by Gasteiger charge is -2.17. The van der Waals surface area contributed by atoms with Crippen LogP contribution in [0.1, 0.15) is 5.56 Å². The minimum Gasteiger partial charge on any atom is -0.484 e. The van der Waals surface area contributed by atoms with Crippen molar-refractivity contribution in [3.63, 3.8) is 0 Å². The lowest BCUT2D eigenvalue weighted by Crippen LogP contribution is -2.39. The number of hydrogen-bond acceptors (Lipinski definition) is 3. The first-order chi connectivity index (χ1) is 11.5. The van der Waals surface area contributed by atoms with Gasteiger partial charge >= 0.3 is 0 Å². The summed E-state index contributed by atoms with van der Waals surface area (Å²) in [6, 6.07) is 16.3. The topological polar surface area (TPSA) is 58.6 Å². The van der Waals surface area contributed by atoms with Crippen molar-refractivity contribution in [2.24, 2.45) is 0 Å². The molecule has 2 aromatic rings. The van der Waals surface area contributed by atoms with Crippen molar-refractivity contribution in [3.05, 3.63) is 65.2 Å². The summed E-state index contributed by atoms with van der Waals surface area (Å²) in [5.74, 6) is 0.0870. The van der Waals surface area contributed by atoms with Crippen LogP contribution in [0.4, 0.5) is 0 Å². The minimum atomic E-state index is -0.341. The average molecular weight is 347 g/mol. The molecule has 0 unspecified atom stereocenters. The average Bonchev–Trinajstić information content (AvgIpc) is 2.60. The lowest BCUT2D eigenvalue weighted by molar-refractivity contribution is -0.132. The van der Waals surface area contributed by atoms with Crippen molar-refractivity contribution in [2.45, 2.75) is 6.54 Å². The zero-order valence-electron chi connectivity index (χ0n) is 13.4. The van der Waals surface area contributed by atoms with Crippen LogP contribution in [0.5, 0.6) is 5.75 Å². The molecule has 2 aromatic carbocycles. The Kier molecular flexibility index (Phi) is 6.63. The Morgan fingerprint density at radius 1 is 1.08 bits per heavy atom. The molecule has 126 valence electrons. The Morgan fingerprint density at radius 3 is 2.42 bits per heavy atom. The number of rotatable bonds is 7. The van der Waals surface area contributed by atoms with E-state index >= 15 is 0 Å². The van der Waals surface area contributed by atoms with E-state index in [2.05, 4.69) is 5.32 Å². The van der Waals surface area contributed by atoms with Crippen LogP contribution in [-0.2, 0) is 16.1 Å². The molecule has 0 saturated heterocycles. The van der Waals surface area contributed by atoms with Gasteiger partial charge in [0.15, 0.2) is 6.61 Å². The molecule has 0 bridgehead atoms. The van der Waals surface area contributed by atoms with Gasteiger partial charge in [-0.2, -0.15) is 0 Å². The van der Waals surface area contributed by atoms with E-state index in [1.807, 2.05) is 30.3 Å². The van der Waals surface area contributed by atoms with Gasteiger partial charge in [-0.05, 0) is 29.8 Å². The summed E-state index contributed by atoms with van der Waals surface area (Å²) >= 11 is 5.83. The third-order valence-electron chi connectivity index (χ3n) is 3.31. The highest BCUT2D eigenvalue weighted by Crippen LogP contribution is 2.11. The number of nitrogens with one attached hydrogen (secondary N) is 1. The molecular formula is C18H19ClN2O3. The van der Waals surface area contributed by atoms with Gasteiger partial charge in [0.2, 0.25) is 5.91 Å². The quantitative estimate of drug-likeness (QED) is 0.838. The lowest BCUT2D eigenvalue weighted by atomic mass is 10.2. The highest BCUT2D eigenvalue weighted by atomic mass is 35.5. The molecule has 1 N–H and O–H groups in total. The number of nitrogens with zero attached hydrogens (tertiary/aromatic N) is 1. The van der Waals surface area contributed by atoms with Crippen LogP contribution in [-0.4, -0.2) is 36.9 Å². The number of carbonyl (C=O) groups excluding carboxylic acids is 2. The molecule has 0 aliphatic heterocycles. The van der Waals surface area contributed by atoms with E-state index in [0.29, 0.717) is 17.3 Å². The van der Waals surface area contributed by atoms with E-state index in [1.165, 1.54) is 0 Å². The fraction of sp³-hybridized carbons (Fsp3) is 0.222. The molecule has 0 fully saturated rings. The Bertz CT molecular complexity index is 674. The summed E-state index contributed by atoms with van der Waals surface area (Å²) < 4.78 is 5.32. The minimum absolute atomic E-state index is 0.0684. The van der Waals surface area contributed by atoms with Gasteiger partial charge < -0.3 is 15.0 Å². The van der Waals surface area contributed by atoms with Crippen LogP contribution in [0, 0.1) is 0 Å². The van der Waals surface area contributed by atoms with Crippen LogP contribution in [0.2, 0.25) is 5.02 Å². The molecule has 6 heteroatoms. The molecule has 0 aliphatic rings. The van der Waals surface area contributed by atoms with E-state index in [-0.39, 0.29) is 25.0 Å². The standard InChI is InChI=1S/C18H19ClN2O3/c1-21(12-14-7-9-15(19)10-8-14)18(23)11-20-17(22)13-24-16-5-3-2-4-6-16/h2-10H,11-13H2,1H3,(H,20,22). The normalized spacial score (nSPS) is 10.1. The van der Waals surface area contributed by atoms with E-state index in [9.17, 15) is 9.59 Å². The summed E-state index contributed by atoms with van der Waals surface area (Å²) in [5.41, 5.74) is 0.967. The van der Waals surface area contributed by atoms with Gasteiger partial charge in [-0.25, -0.2) is 0 Å². The van der Waals surface area contributed by atoms with Gasteiger partial charge in [0.1, 0.15) is 5.75 Å². The van der Waals surface area contributed by atoms with Gasteiger partial charge in [-0.15, -0.1) is 0 Å². The molecule has 0 radical (unpaired) electrons. The van der Waals surface area contributed by atoms with Crippen molar-refractivity contribution >= 4 is 23.4 Å². The summed E-state index contributed by atoms with van der Waals surface area (Å²) in [4.78, 5) is 25.3. The first-order valence-electron chi connectivity index (χ1n) is 7.47.